The molecule has 2 aromatic rings. The van der Waals surface area contributed by atoms with Crippen LogP contribution in [0.4, 0.5) is 5.69 Å². The van der Waals surface area contributed by atoms with Crippen molar-refractivity contribution in [2.24, 2.45) is 0 Å². The minimum atomic E-state index is -0.984. The number of likely N-dealkylation sites (N-methyl/N-ethyl adjacent to an activating group) is 1. The molecule has 25 heavy (non-hydrogen) atoms. The minimum Gasteiger partial charge on any atom is -0.481 e. The Morgan fingerprint density at radius 2 is 2.00 bits per heavy atom. The number of anilines is 1. The van der Waals surface area contributed by atoms with E-state index in [0.717, 1.165) is 0 Å². The van der Waals surface area contributed by atoms with Gasteiger partial charge in [-0.15, -0.1) is 0 Å². The fraction of sp³-hybridized carbons (Fsp3) is 0.294. The van der Waals surface area contributed by atoms with Gasteiger partial charge in [-0.3, -0.25) is 19.1 Å². The summed E-state index contributed by atoms with van der Waals surface area (Å²) < 4.78 is 1.51. The molecule has 0 aliphatic heterocycles. The van der Waals surface area contributed by atoms with Crippen molar-refractivity contribution in [3.63, 3.8) is 0 Å². The molecule has 0 spiro atoms. The molecule has 1 unspecified atom stereocenters. The van der Waals surface area contributed by atoms with Gasteiger partial charge in [-0.1, -0.05) is 18.2 Å². The highest BCUT2D eigenvalue weighted by Crippen LogP contribution is 2.16. The topological polar surface area (TPSA) is 105 Å². The van der Waals surface area contributed by atoms with Gasteiger partial charge in [0, 0.05) is 25.1 Å². The van der Waals surface area contributed by atoms with E-state index < -0.39 is 17.9 Å². The van der Waals surface area contributed by atoms with Crippen LogP contribution in [0.15, 0.2) is 42.7 Å². The Kier molecular flexibility index (Phi) is 5.89. The molecule has 2 N–H and O–H groups in total. The van der Waals surface area contributed by atoms with E-state index in [1.165, 1.54) is 16.6 Å². The van der Waals surface area contributed by atoms with Crippen molar-refractivity contribution in [3.05, 3.63) is 48.3 Å². The first-order valence-electron chi connectivity index (χ1n) is 7.72. The number of carboxylic acids is 1. The molecule has 2 rings (SSSR count). The summed E-state index contributed by atoms with van der Waals surface area (Å²) in [6, 6.07) is 7.87. The average Bonchev–Trinajstić information content (AvgIpc) is 3.09. The van der Waals surface area contributed by atoms with Gasteiger partial charge < -0.3 is 15.3 Å². The van der Waals surface area contributed by atoms with Gasteiger partial charge in [0.2, 0.25) is 11.8 Å². The Morgan fingerprint density at radius 1 is 1.28 bits per heavy atom. The van der Waals surface area contributed by atoms with Crippen molar-refractivity contribution in [1.29, 1.82) is 0 Å². The second-order valence-corrected chi connectivity index (χ2v) is 5.63. The zero-order chi connectivity index (χ0) is 18.4. The number of carbonyl (C=O) groups is 3. The molecular formula is C17H20N4O4. The van der Waals surface area contributed by atoms with E-state index in [1.54, 1.807) is 49.6 Å². The smallest absolute Gasteiger partial charge is 0.307 e. The van der Waals surface area contributed by atoms with Gasteiger partial charge >= 0.3 is 5.97 Å². The van der Waals surface area contributed by atoms with Crippen LogP contribution in [-0.2, 0) is 20.8 Å². The third-order valence-electron chi connectivity index (χ3n) is 3.67. The van der Waals surface area contributed by atoms with Crippen LogP contribution in [0.3, 0.4) is 0 Å². The number of aliphatic carboxylic acids is 1. The fourth-order valence-electron chi connectivity index (χ4n) is 2.38. The Balaban J connectivity index is 1.98. The number of benzene rings is 1. The first-order chi connectivity index (χ1) is 11.9. The standard InChI is InChI=1S/C17H20N4O4/c1-12(21-9-5-8-18-21)17(25)20(2)11-15(22)19-14-7-4-3-6-13(14)10-16(23)24/h3-9,12H,10-11H2,1-2H3,(H,19,22)(H,23,24). The zero-order valence-electron chi connectivity index (χ0n) is 14.0. The van der Waals surface area contributed by atoms with E-state index in [2.05, 4.69) is 10.4 Å². The van der Waals surface area contributed by atoms with Crippen LogP contribution >= 0.6 is 0 Å². The van der Waals surface area contributed by atoms with Gasteiger partial charge in [0.15, 0.2) is 0 Å². The van der Waals surface area contributed by atoms with Gasteiger partial charge in [0.1, 0.15) is 6.04 Å². The number of carboxylic acid groups (broad SMARTS) is 1. The predicted octanol–water partition coefficient (Wildman–Crippen LogP) is 1.17. The highest BCUT2D eigenvalue weighted by molar-refractivity contribution is 5.95. The van der Waals surface area contributed by atoms with E-state index in [-0.39, 0.29) is 18.9 Å². The molecule has 0 saturated heterocycles. The second kappa shape index (κ2) is 8.09. The SMILES string of the molecule is CC(C(=O)N(C)CC(=O)Nc1ccccc1CC(=O)O)n1cccn1. The summed E-state index contributed by atoms with van der Waals surface area (Å²) in [5.41, 5.74) is 0.929. The quantitative estimate of drug-likeness (QED) is 0.784. The van der Waals surface area contributed by atoms with Gasteiger partial charge in [-0.25, -0.2) is 0 Å². The van der Waals surface area contributed by atoms with Crippen LogP contribution in [0.1, 0.15) is 18.5 Å². The molecule has 0 fully saturated rings. The third-order valence-corrected chi connectivity index (χ3v) is 3.67. The number of nitrogens with zero attached hydrogens (tertiary/aromatic N) is 3. The number of hydrogen-bond acceptors (Lipinski definition) is 4. The molecule has 132 valence electrons. The maximum atomic E-state index is 12.3. The van der Waals surface area contributed by atoms with Crippen LogP contribution in [0, 0.1) is 0 Å². The molecule has 8 heteroatoms. The summed E-state index contributed by atoms with van der Waals surface area (Å²) in [7, 11) is 1.53. The van der Waals surface area contributed by atoms with E-state index in [9.17, 15) is 14.4 Å². The number of amides is 2. The fourth-order valence-corrected chi connectivity index (χ4v) is 2.38. The normalized spacial score (nSPS) is 11.6. The number of rotatable bonds is 7. The molecule has 1 atom stereocenters. The maximum Gasteiger partial charge on any atom is 0.307 e. The Hall–Kier alpha value is -3.16. The summed E-state index contributed by atoms with van der Waals surface area (Å²) in [5.74, 6) is -1.64. The van der Waals surface area contributed by atoms with Crippen LogP contribution < -0.4 is 5.32 Å². The van der Waals surface area contributed by atoms with Gasteiger partial charge in [-0.2, -0.15) is 5.10 Å². The molecule has 0 radical (unpaired) electrons. The number of aromatic nitrogens is 2. The molecule has 1 heterocycles. The van der Waals surface area contributed by atoms with Gasteiger partial charge in [0.25, 0.3) is 0 Å². The lowest BCUT2D eigenvalue weighted by atomic mass is 10.1. The predicted molar refractivity (Wildman–Crippen MR) is 91.0 cm³/mol. The molecule has 1 aromatic carbocycles. The number of para-hydroxylation sites is 1. The molecular weight excluding hydrogens is 324 g/mol. The van der Waals surface area contributed by atoms with Crippen molar-refractivity contribution < 1.29 is 19.5 Å². The highest BCUT2D eigenvalue weighted by Gasteiger charge is 2.21. The van der Waals surface area contributed by atoms with Crippen LogP contribution in [0.25, 0.3) is 0 Å². The Morgan fingerprint density at radius 3 is 2.64 bits per heavy atom. The van der Waals surface area contributed by atoms with E-state index in [1.807, 2.05) is 0 Å². The van der Waals surface area contributed by atoms with Crippen molar-refractivity contribution in [2.45, 2.75) is 19.4 Å². The highest BCUT2D eigenvalue weighted by atomic mass is 16.4. The molecule has 1 aromatic heterocycles. The van der Waals surface area contributed by atoms with Gasteiger partial charge in [0.05, 0.1) is 13.0 Å². The zero-order valence-corrected chi connectivity index (χ0v) is 14.0. The van der Waals surface area contributed by atoms with E-state index in [4.69, 9.17) is 5.11 Å². The van der Waals surface area contributed by atoms with Crippen molar-refractivity contribution in [3.8, 4) is 0 Å². The average molecular weight is 344 g/mol. The Labute approximate surface area is 145 Å². The van der Waals surface area contributed by atoms with E-state index in [0.29, 0.717) is 11.3 Å². The lowest BCUT2D eigenvalue weighted by molar-refractivity contribution is -0.136. The number of hydrogen-bond donors (Lipinski definition) is 2. The second-order valence-electron chi connectivity index (χ2n) is 5.63. The van der Waals surface area contributed by atoms with Crippen molar-refractivity contribution >= 4 is 23.5 Å². The molecule has 2 amide bonds. The summed E-state index contributed by atoms with van der Waals surface area (Å²) >= 11 is 0. The molecule has 0 aliphatic carbocycles. The van der Waals surface area contributed by atoms with Crippen molar-refractivity contribution in [2.75, 3.05) is 18.9 Å². The molecule has 0 saturated carbocycles. The van der Waals surface area contributed by atoms with Crippen LogP contribution in [0.2, 0.25) is 0 Å². The van der Waals surface area contributed by atoms with Gasteiger partial charge in [-0.05, 0) is 24.6 Å². The number of carbonyl (C=O) groups excluding carboxylic acids is 2. The van der Waals surface area contributed by atoms with Crippen LogP contribution in [0.5, 0.6) is 0 Å². The molecule has 0 bridgehead atoms. The first kappa shape index (κ1) is 18.2. The molecule has 0 aliphatic rings. The van der Waals surface area contributed by atoms with Crippen LogP contribution in [-0.4, -0.2) is 51.2 Å². The number of nitrogens with one attached hydrogen (secondary N) is 1. The summed E-state index contributed by atoms with van der Waals surface area (Å²) in [5, 5.41) is 15.6. The van der Waals surface area contributed by atoms with E-state index >= 15 is 0 Å². The molecule has 8 nitrogen and oxygen atoms in total. The lowest BCUT2D eigenvalue weighted by Gasteiger charge is -2.21. The monoisotopic (exact) mass is 344 g/mol. The summed E-state index contributed by atoms with van der Waals surface area (Å²) in [4.78, 5) is 36.7. The van der Waals surface area contributed by atoms with Crippen molar-refractivity contribution in [1.82, 2.24) is 14.7 Å². The minimum absolute atomic E-state index is 0.147. The lowest BCUT2D eigenvalue weighted by Crippen LogP contribution is -2.38. The Bertz CT molecular complexity index is 758. The largest absolute Gasteiger partial charge is 0.481 e. The third kappa shape index (κ3) is 4.90. The summed E-state index contributed by atoms with van der Waals surface area (Å²) in [6.07, 6.45) is 3.07. The first-order valence-corrected chi connectivity index (χ1v) is 7.72. The maximum absolute atomic E-state index is 12.3. The summed E-state index contributed by atoms with van der Waals surface area (Å²) in [6.45, 7) is 1.55.